The molecule has 7 rings (SSSR count). The van der Waals surface area contributed by atoms with Crippen LogP contribution < -0.4 is 20.7 Å². The number of aromatic nitrogens is 2. The third-order valence-corrected chi connectivity index (χ3v) is 17.7. The average molecular weight is 813 g/mol. The fraction of sp³-hybridized carbons (Fsp3) is 0.291. The van der Waals surface area contributed by atoms with Gasteiger partial charge in [-0.25, -0.2) is 9.13 Å². The Morgan fingerprint density at radius 2 is 0.729 bits per heavy atom. The van der Waals surface area contributed by atoms with Gasteiger partial charge in [0, 0.05) is 13.8 Å². The second kappa shape index (κ2) is 16.4. The predicted octanol–water partition coefficient (Wildman–Crippen LogP) is 13.5. The van der Waals surface area contributed by atoms with Crippen molar-refractivity contribution in [3.05, 3.63) is 163 Å². The summed E-state index contributed by atoms with van der Waals surface area (Å²) in [5.41, 5.74) is 30.6. The SMILES string of the molecule is Cc1cc(C)c(-c2cccc(-c3c(C)cc(C)cc3C)c2[P-]P(c2c(-c3c(C)cc(C)cc3C)cccc2-c2c(C)cc(C)cc2C)c2n(C)c(C)c(C)[n+]2C)c(C)c1. The largest absolute Gasteiger partial charge is 0.455 e. The molecule has 0 saturated carbocycles. The summed E-state index contributed by atoms with van der Waals surface area (Å²) in [5, 5.41) is 2.84. The minimum atomic E-state index is -1.08. The van der Waals surface area contributed by atoms with Crippen molar-refractivity contribution >= 4 is 32.1 Å². The van der Waals surface area contributed by atoms with Crippen LogP contribution in [0.1, 0.15) is 78.1 Å². The molecule has 0 bridgehead atoms. The van der Waals surface area contributed by atoms with Gasteiger partial charge in [-0.05, 0) is 177 Å². The summed E-state index contributed by atoms with van der Waals surface area (Å²) in [7, 11) is 4.80. The van der Waals surface area contributed by atoms with E-state index in [2.05, 4.69) is 205 Å². The lowest BCUT2D eigenvalue weighted by atomic mass is 9.89. The molecule has 7 aromatic rings. The summed E-state index contributed by atoms with van der Waals surface area (Å²) in [4.78, 5) is 0. The van der Waals surface area contributed by atoms with Crippen LogP contribution in [0.3, 0.4) is 0 Å². The zero-order valence-corrected chi connectivity index (χ0v) is 40.2. The molecule has 1 unspecified atom stereocenters. The Balaban J connectivity index is 1.69. The Morgan fingerprint density at radius 3 is 1.02 bits per heavy atom. The Hall–Kier alpha value is -4.61. The van der Waals surface area contributed by atoms with Crippen molar-refractivity contribution in [2.45, 2.75) is 96.9 Å². The molecule has 0 aliphatic carbocycles. The molecule has 0 fully saturated rings. The molecule has 302 valence electrons. The Morgan fingerprint density at radius 1 is 0.441 bits per heavy atom. The van der Waals surface area contributed by atoms with Gasteiger partial charge in [-0.1, -0.05) is 107 Å². The summed E-state index contributed by atoms with van der Waals surface area (Å²) in [6.45, 7) is 31.9. The zero-order chi connectivity index (χ0) is 42.8. The minimum Gasteiger partial charge on any atom is -0.455 e. The van der Waals surface area contributed by atoms with Crippen LogP contribution in [0, 0.1) is 96.9 Å². The van der Waals surface area contributed by atoms with Crippen molar-refractivity contribution in [3.8, 4) is 44.5 Å². The van der Waals surface area contributed by atoms with E-state index in [0.717, 1.165) is 0 Å². The Labute approximate surface area is 358 Å². The maximum absolute atomic E-state index is 2.51. The van der Waals surface area contributed by atoms with Crippen molar-refractivity contribution in [2.24, 2.45) is 14.1 Å². The molecule has 0 spiro atoms. The van der Waals surface area contributed by atoms with Crippen LogP contribution in [0.5, 0.6) is 0 Å². The van der Waals surface area contributed by atoms with Crippen molar-refractivity contribution in [3.63, 3.8) is 0 Å². The molecule has 0 N–H and O–H groups in total. The molecule has 1 aromatic heterocycles. The third-order valence-electron chi connectivity index (χ3n) is 12.6. The molecule has 0 saturated heterocycles. The highest BCUT2D eigenvalue weighted by Crippen LogP contribution is 2.59. The molecule has 6 aromatic carbocycles. The second-order valence-electron chi connectivity index (χ2n) is 17.5. The maximum atomic E-state index is 2.51. The van der Waals surface area contributed by atoms with Gasteiger partial charge in [0.05, 0.1) is 14.1 Å². The highest BCUT2D eigenvalue weighted by molar-refractivity contribution is 8.31. The average Bonchev–Trinajstić information content (AvgIpc) is 3.31. The highest BCUT2D eigenvalue weighted by Gasteiger charge is 2.30. The lowest BCUT2D eigenvalue weighted by molar-refractivity contribution is -0.658. The number of hydrogen-bond acceptors (Lipinski definition) is 0. The first kappa shape index (κ1) is 42.5. The lowest BCUT2D eigenvalue weighted by Crippen LogP contribution is -2.47. The zero-order valence-electron chi connectivity index (χ0n) is 38.4. The van der Waals surface area contributed by atoms with Gasteiger partial charge in [-0.3, -0.25) is 0 Å². The van der Waals surface area contributed by atoms with E-state index in [0.29, 0.717) is 0 Å². The van der Waals surface area contributed by atoms with Crippen LogP contribution in [-0.2, 0) is 14.1 Å². The molecular formula is C55H62N2P2. The molecule has 0 aliphatic heterocycles. The van der Waals surface area contributed by atoms with Crippen LogP contribution in [0.2, 0.25) is 0 Å². The van der Waals surface area contributed by atoms with Crippen LogP contribution in [0.4, 0.5) is 0 Å². The van der Waals surface area contributed by atoms with E-state index < -0.39 is 7.61 Å². The number of imidazole rings is 1. The smallest absolute Gasteiger partial charge is 0.250 e. The topological polar surface area (TPSA) is 8.81 Å². The van der Waals surface area contributed by atoms with E-state index in [1.807, 2.05) is 0 Å². The third kappa shape index (κ3) is 7.69. The van der Waals surface area contributed by atoms with Gasteiger partial charge in [0.2, 0.25) is 0 Å². The monoisotopic (exact) mass is 812 g/mol. The number of nitrogens with zero attached hydrogens (tertiary/aromatic N) is 2. The summed E-state index contributed by atoms with van der Waals surface area (Å²) < 4.78 is 5.01. The number of aryl methyl sites for hydroxylation is 12. The van der Waals surface area contributed by atoms with Crippen LogP contribution in [-0.4, -0.2) is 4.57 Å². The first-order valence-corrected chi connectivity index (χ1v) is 24.0. The van der Waals surface area contributed by atoms with E-state index in [-0.39, 0.29) is 0 Å². The van der Waals surface area contributed by atoms with E-state index in [9.17, 15) is 0 Å². The molecule has 2 nitrogen and oxygen atoms in total. The minimum absolute atomic E-state index is 1.08. The summed E-state index contributed by atoms with van der Waals surface area (Å²) in [6.07, 6.45) is 0. The molecule has 0 aliphatic rings. The van der Waals surface area contributed by atoms with Crippen LogP contribution in [0.25, 0.3) is 44.5 Å². The maximum Gasteiger partial charge on any atom is 0.250 e. The fourth-order valence-corrected chi connectivity index (χ4v) is 16.4. The van der Waals surface area contributed by atoms with Crippen LogP contribution in [0.15, 0.2) is 84.9 Å². The van der Waals surface area contributed by atoms with Gasteiger partial charge < -0.3 is 8.27 Å². The van der Waals surface area contributed by atoms with Gasteiger partial charge in [0.25, 0.3) is 5.57 Å². The molecule has 1 heterocycles. The quantitative estimate of drug-likeness (QED) is 0.107. The Bertz CT molecular complexity index is 2550. The van der Waals surface area contributed by atoms with E-state index in [4.69, 9.17) is 0 Å². The van der Waals surface area contributed by atoms with Crippen molar-refractivity contribution in [1.82, 2.24) is 4.57 Å². The molecule has 4 heteroatoms. The summed E-state index contributed by atoms with van der Waals surface area (Å²) >= 11 is 0. The van der Waals surface area contributed by atoms with Crippen molar-refractivity contribution in [1.29, 1.82) is 0 Å². The first-order chi connectivity index (χ1) is 27.9. The van der Waals surface area contributed by atoms with Gasteiger partial charge in [0.1, 0.15) is 11.4 Å². The first-order valence-electron chi connectivity index (χ1n) is 21.0. The normalized spacial score (nSPS) is 12.3. The van der Waals surface area contributed by atoms with Gasteiger partial charge in [-0.15, -0.1) is 7.61 Å². The van der Waals surface area contributed by atoms with Crippen LogP contribution >= 0.6 is 15.9 Å². The van der Waals surface area contributed by atoms with Crippen molar-refractivity contribution in [2.75, 3.05) is 0 Å². The second-order valence-corrected chi connectivity index (χ2v) is 21.4. The summed E-state index contributed by atoms with van der Waals surface area (Å²) in [6, 6.07) is 33.2. The summed E-state index contributed by atoms with van der Waals surface area (Å²) in [5.74, 6) is 0. The number of rotatable bonds is 8. The number of hydrogen-bond donors (Lipinski definition) is 0. The van der Waals surface area contributed by atoms with Gasteiger partial charge >= 0.3 is 0 Å². The molecule has 0 amide bonds. The van der Waals surface area contributed by atoms with E-state index >= 15 is 0 Å². The molecule has 0 radical (unpaired) electrons. The predicted molar refractivity (Wildman–Crippen MR) is 260 cm³/mol. The van der Waals surface area contributed by atoms with Gasteiger partial charge in [0.15, 0.2) is 0 Å². The van der Waals surface area contributed by atoms with Crippen molar-refractivity contribution < 1.29 is 4.57 Å². The molecule has 1 atom stereocenters. The van der Waals surface area contributed by atoms with E-state index in [1.165, 1.54) is 147 Å². The Kier molecular flexibility index (Phi) is 11.9. The van der Waals surface area contributed by atoms with Gasteiger partial charge in [-0.2, -0.15) is 5.30 Å². The molecule has 59 heavy (non-hydrogen) atoms. The fourth-order valence-electron chi connectivity index (χ4n) is 10.2. The lowest BCUT2D eigenvalue weighted by Gasteiger charge is -2.38. The highest BCUT2D eigenvalue weighted by atomic mass is 32.0. The standard InChI is InChI=1S/C55H62N2P2/c1-31-23-35(5)49(36(6)24-31)45-19-17-20-46(50-37(7)25-32(2)26-38(50)8)53(45)58-59(55-56(15)43(13)44(14)57(55)16)54-47(51-39(9)27-33(3)28-40(51)10)21-18-22-48(54)52-41(11)29-34(4)30-42(52)12/h17-30H,1-16H3. The number of benzene rings is 6. The van der Waals surface area contributed by atoms with E-state index in [1.54, 1.807) is 0 Å². The molecular weight excluding hydrogens is 751 g/mol.